The number of hydrogen-bond donors (Lipinski definition) is 1. The van der Waals surface area contributed by atoms with Gasteiger partial charge >= 0.3 is 12.1 Å². The summed E-state index contributed by atoms with van der Waals surface area (Å²) in [7, 11) is 1.53. The number of aryl methyl sites for hydroxylation is 1. The number of aliphatic carboxylic acids is 1. The van der Waals surface area contributed by atoms with Crippen LogP contribution >= 0.6 is 0 Å². The van der Waals surface area contributed by atoms with E-state index < -0.39 is 18.1 Å². The summed E-state index contributed by atoms with van der Waals surface area (Å²) in [4.78, 5) is 30.4. The molecule has 0 aliphatic heterocycles. The molecule has 3 aromatic carbocycles. The Morgan fingerprint density at radius 1 is 0.974 bits per heavy atom. The van der Waals surface area contributed by atoms with E-state index >= 15 is 0 Å². The number of carbonyl (C=O) groups is 2. The number of nitrogens with zero attached hydrogens (tertiary/aromatic N) is 2. The number of carbonyl (C=O) groups excluding carboxylic acids is 1. The van der Waals surface area contributed by atoms with Gasteiger partial charge in [-0.1, -0.05) is 30.3 Å². The summed E-state index contributed by atoms with van der Waals surface area (Å²) in [6.45, 7) is 3.68. The van der Waals surface area contributed by atoms with Crippen LogP contribution in [-0.2, 0) is 17.8 Å². The van der Waals surface area contributed by atoms with Crippen LogP contribution in [0.3, 0.4) is 0 Å². The van der Waals surface area contributed by atoms with Gasteiger partial charge in [0.25, 0.3) is 0 Å². The van der Waals surface area contributed by atoms with Gasteiger partial charge in [0.15, 0.2) is 0 Å². The summed E-state index contributed by atoms with van der Waals surface area (Å²) in [5.74, 6) is 1.63. The van der Waals surface area contributed by atoms with E-state index in [1.807, 2.05) is 37.3 Å². The lowest BCUT2D eigenvalue weighted by atomic mass is 10.1. The number of aromatic nitrogens is 1. The van der Waals surface area contributed by atoms with E-state index in [0.717, 1.165) is 21.9 Å². The zero-order valence-electron chi connectivity index (χ0n) is 22.0. The molecule has 202 valence electrons. The number of methoxy groups -OCH3 is 1. The summed E-state index contributed by atoms with van der Waals surface area (Å²) in [6.07, 6.45) is -0.236. The van der Waals surface area contributed by atoms with Crippen LogP contribution in [0.25, 0.3) is 11.5 Å². The Balaban J connectivity index is 1.39. The van der Waals surface area contributed by atoms with Crippen LogP contribution in [0, 0.1) is 6.92 Å². The minimum Gasteiger partial charge on any atom is -0.497 e. The van der Waals surface area contributed by atoms with Crippen LogP contribution in [-0.4, -0.2) is 46.8 Å². The fourth-order valence-electron chi connectivity index (χ4n) is 3.86. The van der Waals surface area contributed by atoms with Crippen LogP contribution < -0.4 is 14.2 Å². The molecule has 0 aliphatic rings. The third-order valence-corrected chi connectivity index (χ3v) is 6.10. The molecule has 1 amide bonds. The van der Waals surface area contributed by atoms with Crippen LogP contribution in [0.1, 0.15) is 23.9 Å². The van der Waals surface area contributed by atoms with E-state index in [1.54, 1.807) is 48.5 Å². The first kappa shape index (κ1) is 27.3. The van der Waals surface area contributed by atoms with Crippen molar-refractivity contribution in [2.24, 2.45) is 0 Å². The highest BCUT2D eigenvalue weighted by Crippen LogP contribution is 2.23. The minimum absolute atomic E-state index is 0.0164. The SMILES string of the molecule is COc1ccc(OC(=O)N(Cc2cccc(OCCc3nc(-c4ccccc4)oc3C)c2)C(C)C(=O)O)cc1. The summed E-state index contributed by atoms with van der Waals surface area (Å²) in [6, 6.07) is 22.2. The van der Waals surface area contributed by atoms with Crippen LogP contribution in [0.2, 0.25) is 0 Å². The zero-order chi connectivity index (χ0) is 27.8. The standard InChI is InChI=1S/C30H30N2O7/c1-20(29(33)34)32(30(35)39-25-14-12-24(36-3)13-15-25)19-22-8-7-11-26(18-22)37-17-16-27-21(2)38-28(31-27)23-9-5-4-6-10-23/h4-15,18,20H,16-17,19H2,1-3H3,(H,33,34). The van der Waals surface area contributed by atoms with Crippen molar-refractivity contribution in [3.8, 4) is 28.7 Å². The Morgan fingerprint density at radius 3 is 2.38 bits per heavy atom. The Labute approximate surface area is 226 Å². The Hall–Kier alpha value is -4.79. The van der Waals surface area contributed by atoms with Crippen LogP contribution in [0.5, 0.6) is 17.2 Å². The van der Waals surface area contributed by atoms with E-state index in [-0.39, 0.29) is 12.3 Å². The van der Waals surface area contributed by atoms with Gasteiger partial charge in [0.2, 0.25) is 5.89 Å². The maximum absolute atomic E-state index is 12.9. The molecule has 0 radical (unpaired) electrons. The molecular weight excluding hydrogens is 500 g/mol. The minimum atomic E-state index is -1.15. The molecule has 1 N–H and O–H groups in total. The fourth-order valence-corrected chi connectivity index (χ4v) is 3.86. The number of ether oxygens (including phenoxy) is 3. The molecule has 1 heterocycles. The second kappa shape index (κ2) is 12.6. The molecule has 0 saturated carbocycles. The maximum atomic E-state index is 12.9. The van der Waals surface area contributed by atoms with Crippen molar-refractivity contribution in [3.05, 3.63) is 95.9 Å². The first-order valence-corrected chi connectivity index (χ1v) is 12.4. The fraction of sp³-hybridized carbons (Fsp3) is 0.233. The van der Waals surface area contributed by atoms with Crippen molar-refractivity contribution in [2.45, 2.75) is 32.9 Å². The van der Waals surface area contributed by atoms with Gasteiger partial charge in [0.1, 0.15) is 29.1 Å². The molecule has 1 atom stereocenters. The average molecular weight is 531 g/mol. The molecule has 4 rings (SSSR count). The van der Waals surface area contributed by atoms with E-state index in [4.69, 9.17) is 18.6 Å². The highest BCUT2D eigenvalue weighted by molar-refractivity contribution is 5.80. The molecule has 1 aromatic heterocycles. The van der Waals surface area contributed by atoms with Gasteiger partial charge in [-0.3, -0.25) is 4.90 Å². The maximum Gasteiger partial charge on any atom is 0.416 e. The number of carboxylic acids is 1. The Bertz CT molecular complexity index is 1400. The number of benzene rings is 3. The van der Waals surface area contributed by atoms with Crippen molar-refractivity contribution in [1.29, 1.82) is 0 Å². The summed E-state index contributed by atoms with van der Waals surface area (Å²) in [5.41, 5.74) is 2.41. The largest absolute Gasteiger partial charge is 0.497 e. The van der Waals surface area contributed by atoms with E-state index in [2.05, 4.69) is 4.98 Å². The molecule has 39 heavy (non-hydrogen) atoms. The molecule has 9 heteroatoms. The average Bonchev–Trinajstić information content (AvgIpc) is 3.32. The summed E-state index contributed by atoms with van der Waals surface area (Å²) < 4.78 is 22.3. The number of rotatable bonds is 11. The Morgan fingerprint density at radius 2 is 1.69 bits per heavy atom. The first-order valence-electron chi connectivity index (χ1n) is 12.4. The van der Waals surface area contributed by atoms with Crippen molar-refractivity contribution in [3.63, 3.8) is 0 Å². The van der Waals surface area contributed by atoms with E-state index in [1.165, 1.54) is 14.0 Å². The lowest BCUT2D eigenvalue weighted by Crippen LogP contribution is -2.44. The zero-order valence-corrected chi connectivity index (χ0v) is 22.0. The third kappa shape index (κ3) is 7.16. The predicted octanol–water partition coefficient (Wildman–Crippen LogP) is 5.75. The van der Waals surface area contributed by atoms with Gasteiger partial charge in [-0.05, 0) is 67.9 Å². The van der Waals surface area contributed by atoms with Crippen molar-refractivity contribution in [1.82, 2.24) is 9.88 Å². The second-order valence-electron chi connectivity index (χ2n) is 8.82. The molecule has 0 bridgehead atoms. The van der Waals surface area contributed by atoms with Crippen LogP contribution in [0.4, 0.5) is 4.79 Å². The molecular formula is C30H30N2O7. The van der Waals surface area contributed by atoms with E-state index in [0.29, 0.717) is 36.0 Å². The van der Waals surface area contributed by atoms with Gasteiger partial charge in [-0.25, -0.2) is 14.6 Å². The highest BCUT2D eigenvalue weighted by Gasteiger charge is 2.27. The number of amides is 1. The van der Waals surface area contributed by atoms with Crippen molar-refractivity contribution in [2.75, 3.05) is 13.7 Å². The van der Waals surface area contributed by atoms with Gasteiger partial charge in [-0.2, -0.15) is 0 Å². The molecule has 9 nitrogen and oxygen atoms in total. The normalized spacial score (nSPS) is 11.5. The number of oxazole rings is 1. The Kier molecular flexibility index (Phi) is 8.83. The monoisotopic (exact) mass is 530 g/mol. The third-order valence-electron chi connectivity index (χ3n) is 6.10. The lowest BCUT2D eigenvalue weighted by molar-refractivity contribution is -0.142. The molecule has 1 unspecified atom stereocenters. The predicted molar refractivity (Wildman–Crippen MR) is 144 cm³/mol. The second-order valence-corrected chi connectivity index (χ2v) is 8.82. The summed E-state index contributed by atoms with van der Waals surface area (Å²) in [5, 5.41) is 9.59. The molecule has 0 fully saturated rings. The van der Waals surface area contributed by atoms with Crippen molar-refractivity contribution < 1.29 is 33.3 Å². The smallest absolute Gasteiger partial charge is 0.416 e. The summed E-state index contributed by atoms with van der Waals surface area (Å²) >= 11 is 0. The van der Waals surface area contributed by atoms with Crippen LogP contribution in [0.15, 0.2) is 83.3 Å². The molecule has 0 spiro atoms. The number of hydrogen-bond acceptors (Lipinski definition) is 7. The first-order chi connectivity index (χ1) is 18.8. The molecule has 0 saturated heterocycles. The van der Waals surface area contributed by atoms with Gasteiger partial charge in [0, 0.05) is 12.0 Å². The number of carboxylic acid groups (broad SMARTS) is 1. The van der Waals surface area contributed by atoms with Crippen molar-refractivity contribution >= 4 is 12.1 Å². The van der Waals surface area contributed by atoms with Gasteiger partial charge in [-0.15, -0.1) is 0 Å². The highest BCUT2D eigenvalue weighted by atomic mass is 16.6. The molecule has 4 aromatic rings. The van der Waals surface area contributed by atoms with Gasteiger partial charge < -0.3 is 23.7 Å². The van der Waals surface area contributed by atoms with Gasteiger partial charge in [0.05, 0.1) is 26.0 Å². The topological polar surface area (TPSA) is 111 Å². The molecule has 0 aliphatic carbocycles. The quantitative estimate of drug-likeness (QED) is 0.261. The van der Waals surface area contributed by atoms with E-state index in [9.17, 15) is 14.7 Å². The lowest BCUT2D eigenvalue weighted by Gasteiger charge is -2.26.